The van der Waals surface area contributed by atoms with Crippen LogP contribution >= 0.6 is 23.1 Å². The first-order valence-electron chi connectivity index (χ1n) is 6.33. The molecule has 0 saturated heterocycles. The van der Waals surface area contributed by atoms with Crippen LogP contribution in [0.2, 0.25) is 0 Å². The van der Waals surface area contributed by atoms with E-state index in [1.54, 1.807) is 41.3 Å². The summed E-state index contributed by atoms with van der Waals surface area (Å²) in [6.45, 7) is 0. The lowest BCUT2D eigenvalue weighted by molar-refractivity contribution is -0.113. The summed E-state index contributed by atoms with van der Waals surface area (Å²) in [6, 6.07) is 9.35. The van der Waals surface area contributed by atoms with Crippen LogP contribution in [-0.4, -0.2) is 21.6 Å². The summed E-state index contributed by atoms with van der Waals surface area (Å²) in [5.41, 5.74) is 1.84. The molecule has 0 aliphatic carbocycles. The largest absolute Gasteiger partial charge is 0.325 e. The third-order valence-corrected chi connectivity index (χ3v) is 4.90. The lowest BCUT2D eigenvalue weighted by Gasteiger charge is -2.04. The third kappa shape index (κ3) is 3.56. The fourth-order valence-electron chi connectivity index (χ4n) is 1.95. The first kappa shape index (κ1) is 14.0. The predicted octanol–water partition coefficient (Wildman–Crippen LogP) is 2.79. The molecule has 0 radical (unpaired) electrons. The van der Waals surface area contributed by atoms with E-state index in [9.17, 15) is 9.59 Å². The Kier molecular flexibility index (Phi) is 4.12. The number of hydrogen-bond acceptors (Lipinski definition) is 4. The van der Waals surface area contributed by atoms with Crippen LogP contribution in [0.15, 0.2) is 40.5 Å². The number of fused-ring (bicyclic) bond motifs is 1. The van der Waals surface area contributed by atoms with Gasteiger partial charge in [0.15, 0.2) is 0 Å². The smallest absolute Gasteiger partial charge is 0.323 e. The third-order valence-electron chi connectivity index (χ3n) is 2.86. The number of imidazole rings is 1. The molecular weight excluding hydrogens is 306 g/mol. The van der Waals surface area contributed by atoms with Crippen LogP contribution in [0.1, 0.15) is 4.88 Å². The number of thioether (sulfide) groups is 1. The van der Waals surface area contributed by atoms with Crippen molar-refractivity contribution in [2.45, 2.75) is 5.75 Å². The maximum absolute atomic E-state index is 11.9. The van der Waals surface area contributed by atoms with Crippen molar-refractivity contribution in [2.75, 3.05) is 11.1 Å². The van der Waals surface area contributed by atoms with Crippen molar-refractivity contribution in [3.63, 3.8) is 0 Å². The van der Waals surface area contributed by atoms with E-state index in [1.807, 2.05) is 11.4 Å². The normalized spacial score (nSPS) is 10.9. The van der Waals surface area contributed by atoms with Crippen molar-refractivity contribution < 1.29 is 4.79 Å². The summed E-state index contributed by atoms with van der Waals surface area (Å²) in [6.07, 6.45) is 0. The average Bonchev–Trinajstić information content (AvgIpc) is 3.06. The Hall–Kier alpha value is -1.99. The van der Waals surface area contributed by atoms with Crippen LogP contribution in [0, 0.1) is 0 Å². The van der Waals surface area contributed by atoms with Crippen LogP contribution in [-0.2, 0) is 10.5 Å². The SMILES string of the molecule is O=C(CSCc1cccs1)Nc1ccc2[nH]c(=O)[nH]c2c1. The van der Waals surface area contributed by atoms with Gasteiger partial charge in [-0.05, 0) is 29.6 Å². The van der Waals surface area contributed by atoms with Crippen LogP contribution in [0.5, 0.6) is 0 Å². The minimum Gasteiger partial charge on any atom is -0.325 e. The van der Waals surface area contributed by atoms with Gasteiger partial charge in [-0.2, -0.15) is 0 Å². The Morgan fingerprint density at radius 1 is 1.24 bits per heavy atom. The molecule has 0 fully saturated rings. The number of rotatable bonds is 5. The second kappa shape index (κ2) is 6.19. The van der Waals surface area contributed by atoms with E-state index >= 15 is 0 Å². The summed E-state index contributed by atoms with van der Waals surface area (Å²) >= 11 is 3.27. The first-order valence-corrected chi connectivity index (χ1v) is 8.36. The molecule has 21 heavy (non-hydrogen) atoms. The number of aromatic amines is 2. The number of aromatic nitrogens is 2. The zero-order valence-corrected chi connectivity index (χ0v) is 12.6. The monoisotopic (exact) mass is 319 g/mol. The van der Waals surface area contributed by atoms with Crippen molar-refractivity contribution >= 4 is 45.7 Å². The highest BCUT2D eigenvalue weighted by Crippen LogP contribution is 2.18. The molecule has 3 rings (SSSR count). The van der Waals surface area contributed by atoms with Crippen LogP contribution in [0.25, 0.3) is 11.0 Å². The maximum Gasteiger partial charge on any atom is 0.323 e. The molecule has 1 aromatic carbocycles. The molecule has 0 atom stereocenters. The second-order valence-corrected chi connectivity index (χ2v) is 6.48. The van der Waals surface area contributed by atoms with Crippen molar-refractivity contribution in [1.29, 1.82) is 0 Å². The molecule has 0 bridgehead atoms. The van der Waals surface area contributed by atoms with Crippen molar-refractivity contribution in [2.24, 2.45) is 0 Å². The van der Waals surface area contributed by atoms with Gasteiger partial charge in [0.1, 0.15) is 0 Å². The lowest BCUT2D eigenvalue weighted by atomic mass is 10.3. The molecule has 3 aromatic rings. The number of H-pyrrole nitrogens is 2. The summed E-state index contributed by atoms with van der Waals surface area (Å²) in [7, 11) is 0. The second-order valence-electron chi connectivity index (χ2n) is 4.46. The van der Waals surface area contributed by atoms with Gasteiger partial charge in [0.05, 0.1) is 16.8 Å². The number of hydrogen-bond donors (Lipinski definition) is 3. The van der Waals surface area contributed by atoms with E-state index in [0.717, 1.165) is 11.3 Å². The molecule has 5 nitrogen and oxygen atoms in total. The minimum atomic E-state index is -0.250. The summed E-state index contributed by atoms with van der Waals surface area (Å²) in [4.78, 5) is 29.6. The van der Waals surface area contributed by atoms with Crippen LogP contribution in [0.4, 0.5) is 5.69 Å². The molecule has 0 spiro atoms. The number of carbonyl (C=O) groups excluding carboxylic acids is 1. The van der Waals surface area contributed by atoms with E-state index in [0.29, 0.717) is 17.0 Å². The lowest BCUT2D eigenvalue weighted by Crippen LogP contribution is -2.14. The highest BCUT2D eigenvalue weighted by molar-refractivity contribution is 7.99. The minimum absolute atomic E-state index is 0.0474. The van der Waals surface area contributed by atoms with E-state index < -0.39 is 0 Å². The number of carbonyl (C=O) groups is 1. The Morgan fingerprint density at radius 2 is 2.10 bits per heavy atom. The van der Waals surface area contributed by atoms with E-state index in [4.69, 9.17) is 0 Å². The molecule has 0 aliphatic heterocycles. The van der Waals surface area contributed by atoms with Gasteiger partial charge < -0.3 is 15.3 Å². The number of thiophene rings is 1. The van der Waals surface area contributed by atoms with Crippen molar-refractivity contribution in [3.8, 4) is 0 Å². The molecule has 7 heteroatoms. The van der Waals surface area contributed by atoms with Crippen molar-refractivity contribution in [3.05, 3.63) is 51.1 Å². The molecule has 0 aliphatic rings. The van der Waals surface area contributed by atoms with Crippen molar-refractivity contribution in [1.82, 2.24) is 9.97 Å². The summed E-state index contributed by atoms with van der Waals surface area (Å²) in [5.74, 6) is 1.20. The zero-order chi connectivity index (χ0) is 14.7. The molecule has 2 aromatic heterocycles. The van der Waals surface area contributed by atoms with Gasteiger partial charge >= 0.3 is 5.69 Å². The topological polar surface area (TPSA) is 77.8 Å². The molecular formula is C14H13N3O2S2. The number of anilines is 1. The van der Waals surface area contributed by atoms with Gasteiger partial charge in [-0.1, -0.05) is 6.07 Å². The van der Waals surface area contributed by atoms with Gasteiger partial charge in [-0.15, -0.1) is 23.1 Å². The number of benzene rings is 1. The van der Waals surface area contributed by atoms with E-state index in [-0.39, 0.29) is 11.6 Å². The molecule has 108 valence electrons. The first-order chi connectivity index (χ1) is 10.2. The van der Waals surface area contributed by atoms with Gasteiger partial charge in [0, 0.05) is 16.3 Å². The molecule has 0 saturated carbocycles. The maximum atomic E-state index is 11.9. The van der Waals surface area contributed by atoms with Gasteiger partial charge in [0.2, 0.25) is 5.91 Å². The highest BCUT2D eigenvalue weighted by Gasteiger charge is 2.05. The van der Waals surface area contributed by atoms with Gasteiger partial charge in [-0.25, -0.2) is 4.79 Å². The van der Waals surface area contributed by atoms with Crippen LogP contribution < -0.4 is 11.0 Å². The Labute approximate surface area is 128 Å². The number of nitrogens with one attached hydrogen (secondary N) is 3. The van der Waals surface area contributed by atoms with Gasteiger partial charge in [0.25, 0.3) is 0 Å². The molecule has 2 heterocycles. The molecule has 1 amide bonds. The fourth-order valence-corrected chi connectivity index (χ4v) is 3.61. The predicted molar refractivity (Wildman–Crippen MR) is 88.0 cm³/mol. The standard InChI is InChI=1S/C14H13N3O2S2/c18-13(8-20-7-10-2-1-5-21-10)15-9-3-4-11-12(6-9)17-14(19)16-11/h1-6H,7-8H2,(H,15,18)(H2,16,17,19). The summed E-state index contributed by atoms with van der Waals surface area (Å²) < 4.78 is 0. The highest BCUT2D eigenvalue weighted by atomic mass is 32.2. The summed E-state index contributed by atoms with van der Waals surface area (Å²) in [5, 5.41) is 4.86. The number of amides is 1. The van der Waals surface area contributed by atoms with E-state index in [1.165, 1.54) is 4.88 Å². The Morgan fingerprint density at radius 3 is 2.90 bits per heavy atom. The van der Waals surface area contributed by atoms with Gasteiger partial charge in [-0.3, -0.25) is 4.79 Å². The van der Waals surface area contributed by atoms with Crippen LogP contribution in [0.3, 0.4) is 0 Å². The zero-order valence-electron chi connectivity index (χ0n) is 11.0. The quantitative estimate of drug-likeness (QED) is 0.677. The molecule has 3 N–H and O–H groups in total. The Balaban J connectivity index is 1.56. The average molecular weight is 319 g/mol. The fraction of sp³-hybridized carbons (Fsp3) is 0.143. The Bertz CT molecular complexity index is 805. The van der Waals surface area contributed by atoms with E-state index in [2.05, 4.69) is 21.4 Å². The molecule has 0 unspecified atom stereocenters.